The number of carbonyl (C=O) groups excluding carboxylic acids is 2. The van der Waals surface area contributed by atoms with Crippen molar-refractivity contribution >= 4 is 28.3 Å². The fourth-order valence-electron chi connectivity index (χ4n) is 3.25. The van der Waals surface area contributed by atoms with Gasteiger partial charge in [-0.05, 0) is 31.9 Å². The van der Waals surface area contributed by atoms with E-state index < -0.39 is 6.04 Å². The van der Waals surface area contributed by atoms with Crippen molar-refractivity contribution < 1.29 is 14.0 Å². The first-order valence-electron chi connectivity index (χ1n) is 8.65. The van der Waals surface area contributed by atoms with Crippen molar-refractivity contribution in [3.8, 4) is 10.7 Å². The van der Waals surface area contributed by atoms with Gasteiger partial charge in [0.05, 0.1) is 16.8 Å². The highest BCUT2D eigenvalue weighted by Gasteiger charge is 2.36. The van der Waals surface area contributed by atoms with Gasteiger partial charge < -0.3 is 19.2 Å². The summed E-state index contributed by atoms with van der Waals surface area (Å²) < 4.78 is 7.09. The smallest absolute Gasteiger partial charge is 0.290 e. The number of furan rings is 1. The first-order valence-corrected chi connectivity index (χ1v) is 9.46. The van der Waals surface area contributed by atoms with Crippen LogP contribution in [0.4, 0.5) is 5.13 Å². The van der Waals surface area contributed by atoms with Crippen molar-refractivity contribution in [2.45, 2.75) is 25.8 Å². The van der Waals surface area contributed by atoms with E-state index in [-0.39, 0.29) is 17.6 Å². The predicted octanol–water partition coefficient (Wildman–Crippen LogP) is 2.69. The van der Waals surface area contributed by atoms with Crippen LogP contribution in [0.5, 0.6) is 0 Å². The van der Waals surface area contributed by atoms with Crippen LogP contribution in [0, 0.1) is 6.92 Å². The summed E-state index contributed by atoms with van der Waals surface area (Å²) in [6.07, 6.45) is 6.44. The first-order chi connectivity index (χ1) is 13.0. The zero-order valence-electron chi connectivity index (χ0n) is 15.0. The highest BCUT2D eigenvalue weighted by atomic mass is 32.1. The number of nitrogens with zero attached hydrogens (tertiary/aromatic N) is 4. The largest absolute Gasteiger partial charge is 0.459 e. The molecule has 1 fully saturated rings. The monoisotopic (exact) mass is 385 g/mol. The Balaban J connectivity index is 1.51. The van der Waals surface area contributed by atoms with Gasteiger partial charge in [0.15, 0.2) is 16.7 Å². The third-order valence-electron chi connectivity index (χ3n) is 4.60. The molecule has 1 atom stereocenters. The Morgan fingerprint density at radius 2 is 2.26 bits per heavy atom. The summed E-state index contributed by atoms with van der Waals surface area (Å²) in [5.41, 5.74) is 0.805. The molecule has 9 heteroatoms. The molecule has 140 valence electrons. The second kappa shape index (κ2) is 6.99. The van der Waals surface area contributed by atoms with Gasteiger partial charge >= 0.3 is 0 Å². The Bertz CT molecular complexity index is 975. The van der Waals surface area contributed by atoms with Gasteiger partial charge in [0, 0.05) is 26.0 Å². The second-order valence-electron chi connectivity index (χ2n) is 6.42. The molecule has 0 bridgehead atoms. The van der Waals surface area contributed by atoms with Crippen molar-refractivity contribution in [3.05, 3.63) is 42.2 Å². The summed E-state index contributed by atoms with van der Waals surface area (Å²) >= 11 is 1.38. The number of carbonyl (C=O) groups is 2. The number of amides is 2. The minimum absolute atomic E-state index is 0.229. The van der Waals surface area contributed by atoms with Crippen LogP contribution in [-0.2, 0) is 11.8 Å². The van der Waals surface area contributed by atoms with E-state index in [0.29, 0.717) is 18.1 Å². The van der Waals surface area contributed by atoms with E-state index in [9.17, 15) is 9.59 Å². The number of imidazole rings is 1. The molecular weight excluding hydrogens is 366 g/mol. The maximum atomic E-state index is 12.8. The van der Waals surface area contributed by atoms with Gasteiger partial charge in [0.2, 0.25) is 5.91 Å². The van der Waals surface area contributed by atoms with Gasteiger partial charge in [-0.15, -0.1) is 0 Å². The maximum absolute atomic E-state index is 12.8. The van der Waals surface area contributed by atoms with Gasteiger partial charge in [-0.25, -0.2) is 9.97 Å². The van der Waals surface area contributed by atoms with E-state index in [1.54, 1.807) is 23.2 Å². The minimum atomic E-state index is -0.525. The SMILES string of the molecule is Cc1nc(NC(=O)[C@@H]2CCCN2C(=O)c2ccco2)sc1-c1nccn1C. The quantitative estimate of drug-likeness (QED) is 0.745. The molecule has 1 saturated heterocycles. The third kappa shape index (κ3) is 3.25. The van der Waals surface area contributed by atoms with E-state index >= 15 is 0 Å². The molecule has 3 aromatic rings. The van der Waals surface area contributed by atoms with Crippen LogP contribution < -0.4 is 5.32 Å². The molecule has 0 unspecified atom stereocenters. The lowest BCUT2D eigenvalue weighted by Crippen LogP contribution is -2.43. The van der Waals surface area contributed by atoms with Gasteiger partial charge in [-0.2, -0.15) is 0 Å². The standard InChI is InChI=1S/C18H19N5O3S/c1-11-14(15-19-7-9-22(15)2)27-18(20-11)21-16(24)12-5-3-8-23(12)17(25)13-6-4-10-26-13/h4,6-7,9-10,12H,3,5,8H2,1-2H3,(H,20,21,24)/t12-/m0/s1. The lowest BCUT2D eigenvalue weighted by molar-refractivity contribution is -0.119. The van der Waals surface area contributed by atoms with Crippen molar-refractivity contribution in [1.82, 2.24) is 19.4 Å². The average molecular weight is 385 g/mol. The lowest BCUT2D eigenvalue weighted by atomic mass is 10.2. The molecule has 1 aliphatic heterocycles. The van der Waals surface area contributed by atoms with Crippen LogP contribution >= 0.6 is 11.3 Å². The molecule has 8 nitrogen and oxygen atoms in total. The van der Waals surface area contributed by atoms with Crippen LogP contribution in [0.3, 0.4) is 0 Å². The van der Waals surface area contributed by atoms with Crippen molar-refractivity contribution in [1.29, 1.82) is 0 Å². The number of hydrogen-bond donors (Lipinski definition) is 1. The number of likely N-dealkylation sites (tertiary alicyclic amines) is 1. The number of hydrogen-bond acceptors (Lipinski definition) is 6. The normalized spacial score (nSPS) is 16.7. The Labute approximate surface area is 159 Å². The van der Waals surface area contributed by atoms with Crippen molar-refractivity contribution in [2.24, 2.45) is 7.05 Å². The molecule has 4 heterocycles. The number of aryl methyl sites for hydroxylation is 2. The van der Waals surface area contributed by atoms with E-state index in [2.05, 4.69) is 15.3 Å². The van der Waals surface area contributed by atoms with Gasteiger partial charge in [0.1, 0.15) is 6.04 Å². The molecule has 0 radical (unpaired) electrons. The van der Waals surface area contributed by atoms with Crippen LogP contribution in [0.15, 0.2) is 35.2 Å². The zero-order chi connectivity index (χ0) is 19.0. The Morgan fingerprint density at radius 1 is 1.41 bits per heavy atom. The third-order valence-corrected chi connectivity index (χ3v) is 5.67. The second-order valence-corrected chi connectivity index (χ2v) is 7.42. The van der Waals surface area contributed by atoms with Crippen LogP contribution in [-0.4, -0.2) is 43.8 Å². The van der Waals surface area contributed by atoms with Gasteiger partial charge in [-0.3, -0.25) is 9.59 Å². The Kier molecular flexibility index (Phi) is 4.53. The highest BCUT2D eigenvalue weighted by molar-refractivity contribution is 7.19. The zero-order valence-corrected chi connectivity index (χ0v) is 15.8. The average Bonchev–Trinajstić information content (AvgIpc) is 3.42. The van der Waals surface area contributed by atoms with Crippen molar-refractivity contribution in [2.75, 3.05) is 11.9 Å². The number of thiazole rings is 1. The van der Waals surface area contributed by atoms with Gasteiger partial charge in [-0.1, -0.05) is 11.3 Å². The van der Waals surface area contributed by atoms with E-state index in [1.807, 2.05) is 24.7 Å². The van der Waals surface area contributed by atoms with Crippen LogP contribution in [0.25, 0.3) is 10.7 Å². The molecule has 2 amide bonds. The summed E-state index contributed by atoms with van der Waals surface area (Å²) in [5.74, 6) is 0.562. The predicted molar refractivity (Wildman–Crippen MR) is 100 cm³/mol. The molecule has 0 aliphatic carbocycles. The molecule has 0 saturated carbocycles. The lowest BCUT2D eigenvalue weighted by Gasteiger charge is -2.22. The number of nitrogens with one attached hydrogen (secondary N) is 1. The fraction of sp³-hybridized carbons (Fsp3) is 0.333. The molecule has 4 rings (SSSR count). The summed E-state index contributed by atoms with van der Waals surface area (Å²) in [5, 5.41) is 3.37. The molecule has 1 N–H and O–H groups in total. The van der Waals surface area contributed by atoms with Crippen molar-refractivity contribution in [3.63, 3.8) is 0 Å². The van der Waals surface area contributed by atoms with Gasteiger partial charge in [0.25, 0.3) is 5.91 Å². The molecule has 3 aromatic heterocycles. The summed E-state index contributed by atoms with van der Waals surface area (Å²) in [4.78, 5) is 36.6. The summed E-state index contributed by atoms with van der Waals surface area (Å²) in [6, 6.07) is 2.75. The molecular formula is C18H19N5O3S. The number of rotatable bonds is 4. The topological polar surface area (TPSA) is 93.3 Å². The summed E-state index contributed by atoms with van der Waals surface area (Å²) in [6.45, 7) is 2.42. The molecule has 0 aromatic carbocycles. The maximum Gasteiger partial charge on any atom is 0.290 e. The number of aromatic nitrogens is 3. The van der Waals surface area contributed by atoms with E-state index in [0.717, 1.165) is 22.8 Å². The molecule has 0 spiro atoms. The minimum Gasteiger partial charge on any atom is -0.459 e. The first kappa shape index (κ1) is 17.5. The van der Waals surface area contributed by atoms with E-state index in [1.165, 1.54) is 17.6 Å². The molecule has 27 heavy (non-hydrogen) atoms. The van der Waals surface area contributed by atoms with Crippen LogP contribution in [0.2, 0.25) is 0 Å². The fourth-order valence-corrected chi connectivity index (χ4v) is 4.26. The Hall–Kier alpha value is -2.94. The van der Waals surface area contributed by atoms with E-state index in [4.69, 9.17) is 4.42 Å². The highest BCUT2D eigenvalue weighted by Crippen LogP contribution is 2.32. The summed E-state index contributed by atoms with van der Waals surface area (Å²) in [7, 11) is 1.91. The van der Waals surface area contributed by atoms with Crippen LogP contribution in [0.1, 0.15) is 29.1 Å². The molecule has 1 aliphatic rings. The number of anilines is 1. The Morgan fingerprint density at radius 3 is 2.96 bits per heavy atom.